The molecule has 1 atom stereocenters. The molecule has 0 saturated carbocycles. The molecule has 3 aromatic carbocycles. The summed E-state index contributed by atoms with van der Waals surface area (Å²) in [6.45, 7) is 7.29. The summed E-state index contributed by atoms with van der Waals surface area (Å²) in [7, 11) is 0. The van der Waals surface area contributed by atoms with Gasteiger partial charge in [-0.3, -0.25) is 19.4 Å². The fourth-order valence-corrected chi connectivity index (χ4v) is 5.67. The van der Waals surface area contributed by atoms with Gasteiger partial charge in [-0.15, -0.1) is 0 Å². The van der Waals surface area contributed by atoms with Crippen molar-refractivity contribution >= 4 is 22.8 Å². The van der Waals surface area contributed by atoms with Crippen LogP contribution in [0.15, 0.2) is 77.2 Å². The predicted molar refractivity (Wildman–Crippen MR) is 161 cm³/mol. The van der Waals surface area contributed by atoms with E-state index in [1.807, 2.05) is 42.5 Å². The van der Waals surface area contributed by atoms with E-state index in [4.69, 9.17) is 20.6 Å². The Hall–Kier alpha value is -4.18. The van der Waals surface area contributed by atoms with Gasteiger partial charge in [0.25, 0.3) is 5.91 Å². The number of para-hydroxylation sites is 1. The van der Waals surface area contributed by atoms with Gasteiger partial charge in [-0.2, -0.15) is 0 Å². The number of carbonyl (C=O) groups is 2. The van der Waals surface area contributed by atoms with Crippen molar-refractivity contribution in [3.05, 3.63) is 101 Å². The van der Waals surface area contributed by atoms with Crippen molar-refractivity contribution in [2.24, 2.45) is 11.5 Å². The number of carbonyl (C=O) groups excluding carboxylic acids is 2. The molecule has 0 bridgehead atoms. The molecule has 0 aliphatic carbocycles. The third-order valence-corrected chi connectivity index (χ3v) is 7.96. The monoisotopic (exact) mass is 570 g/mol. The summed E-state index contributed by atoms with van der Waals surface area (Å²) in [5.41, 5.74) is 13.0. The summed E-state index contributed by atoms with van der Waals surface area (Å²) in [6, 6.07) is 22.8. The van der Waals surface area contributed by atoms with E-state index < -0.39 is 17.5 Å². The van der Waals surface area contributed by atoms with Crippen LogP contribution in [0.1, 0.15) is 52.6 Å². The molecule has 1 aliphatic rings. The van der Waals surface area contributed by atoms with Gasteiger partial charge in [0.15, 0.2) is 0 Å². The molecule has 1 fully saturated rings. The van der Waals surface area contributed by atoms with Crippen molar-refractivity contribution < 1.29 is 23.8 Å². The fourth-order valence-electron chi connectivity index (χ4n) is 5.67. The molecule has 5 N–H and O–H groups in total. The maximum atomic E-state index is 12.7. The van der Waals surface area contributed by atoms with E-state index in [-0.39, 0.29) is 24.5 Å². The smallest absolute Gasteiger partial charge is 0.265 e. The Morgan fingerprint density at radius 3 is 2.33 bits per heavy atom. The van der Waals surface area contributed by atoms with E-state index in [0.717, 1.165) is 28.8 Å². The fraction of sp³-hybridized carbons (Fsp3) is 0.333. The van der Waals surface area contributed by atoms with Crippen LogP contribution >= 0.6 is 0 Å². The minimum absolute atomic E-state index is 0.155. The lowest BCUT2D eigenvalue weighted by atomic mass is 9.94. The van der Waals surface area contributed by atoms with Gasteiger partial charge in [-0.25, -0.2) is 0 Å². The number of ether oxygens (including phenoxy) is 1. The van der Waals surface area contributed by atoms with Gasteiger partial charge in [0, 0.05) is 61.6 Å². The molecule has 2 heterocycles. The minimum atomic E-state index is -2.01. The Morgan fingerprint density at radius 1 is 0.976 bits per heavy atom. The first-order chi connectivity index (χ1) is 20.2. The van der Waals surface area contributed by atoms with Crippen molar-refractivity contribution in [1.29, 1.82) is 0 Å². The zero-order chi connectivity index (χ0) is 29.9. The Morgan fingerprint density at radius 2 is 1.67 bits per heavy atom. The van der Waals surface area contributed by atoms with E-state index in [1.165, 1.54) is 5.56 Å². The number of hydrogen-bond donors (Lipinski definition) is 3. The molecule has 2 amide bonds. The maximum Gasteiger partial charge on any atom is 0.265 e. The number of piperazine rings is 1. The number of furan rings is 1. The molecule has 42 heavy (non-hydrogen) atoms. The molecule has 1 aliphatic heterocycles. The summed E-state index contributed by atoms with van der Waals surface area (Å²) in [5, 5.41) is 12.6. The number of hydrogen-bond acceptors (Lipinski definition) is 7. The van der Waals surface area contributed by atoms with Gasteiger partial charge in [-0.05, 0) is 35.4 Å². The molecule has 220 valence electrons. The SMILES string of the molecule is CC(C)c1oc2ccccc2c1COc1ccc(C(N)=O)c(C[C@](O)(C(N)=O)N2CCN(Cc3ccccc3)CC2)c1. The first kappa shape index (κ1) is 29.3. The van der Waals surface area contributed by atoms with Gasteiger partial charge < -0.3 is 25.7 Å². The molecular weight excluding hydrogens is 532 g/mol. The average Bonchev–Trinajstić information content (AvgIpc) is 3.36. The van der Waals surface area contributed by atoms with Crippen LogP contribution in [-0.2, 0) is 24.4 Å². The number of primary amides is 2. The summed E-state index contributed by atoms with van der Waals surface area (Å²) < 4.78 is 12.3. The second kappa shape index (κ2) is 12.4. The van der Waals surface area contributed by atoms with Crippen molar-refractivity contribution in [1.82, 2.24) is 9.80 Å². The second-order valence-electron chi connectivity index (χ2n) is 11.2. The van der Waals surface area contributed by atoms with Crippen LogP contribution in [-0.4, -0.2) is 58.6 Å². The van der Waals surface area contributed by atoms with Gasteiger partial charge in [0.2, 0.25) is 11.6 Å². The highest BCUT2D eigenvalue weighted by atomic mass is 16.5. The molecule has 0 radical (unpaired) electrons. The molecule has 1 aromatic heterocycles. The number of nitrogens with two attached hydrogens (primary N) is 2. The van der Waals surface area contributed by atoms with Gasteiger partial charge in [-0.1, -0.05) is 62.4 Å². The molecule has 9 nitrogen and oxygen atoms in total. The molecule has 9 heteroatoms. The lowest BCUT2D eigenvalue weighted by Gasteiger charge is -2.43. The predicted octanol–water partition coefficient (Wildman–Crippen LogP) is 3.77. The standard InChI is InChI=1S/C33H38N4O5/c1-22(2)30-28(27-10-6-7-11-29(27)42-30)21-41-25-12-13-26(31(34)38)24(18-25)19-33(40,32(35)39)37-16-14-36(15-17-37)20-23-8-4-3-5-9-23/h3-13,18,22,40H,14-17,19-21H2,1-2H3,(H2,34,38)(H2,35,39)/t33-/m0/s1. The molecule has 1 saturated heterocycles. The molecule has 5 rings (SSSR count). The van der Waals surface area contributed by atoms with Gasteiger partial charge in [0.1, 0.15) is 23.7 Å². The van der Waals surface area contributed by atoms with Crippen LogP contribution in [0.4, 0.5) is 0 Å². The van der Waals surface area contributed by atoms with Crippen LogP contribution in [0, 0.1) is 0 Å². The lowest BCUT2D eigenvalue weighted by molar-refractivity contribution is -0.164. The molecule has 0 spiro atoms. The zero-order valence-electron chi connectivity index (χ0n) is 24.1. The molecular formula is C33H38N4O5. The Balaban J connectivity index is 1.35. The van der Waals surface area contributed by atoms with E-state index >= 15 is 0 Å². The van der Waals surface area contributed by atoms with Gasteiger partial charge >= 0.3 is 0 Å². The first-order valence-electron chi connectivity index (χ1n) is 14.2. The van der Waals surface area contributed by atoms with Gasteiger partial charge in [0.05, 0.1) is 0 Å². The topological polar surface area (TPSA) is 135 Å². The van der Waals surface area contributed by atoms with Crippen molar-refractivity contribution in [2.75, 3.05) is 26.2 Å². The van der Waals surface area contributed by atoms with Crippen LogP contribution in [0.2, 0.25) is 0 Å². The van der Waals surface area contributed by atoms with E-state index in [0.29, 0.717) is 37.5 Å². The highest BCUT2D eigenvalue weighted by Gasteiger charge is 2.42. The third-order valence-electron chi connectivity index (χ3n) is 7.96. The molecule has 4 aromatic rings. The number of fused-ring (bicyclic) bond motifs is 1. The number of aliphatic hydroxyl groups is 1. The zero-order valence-corrected chi connectivity index (χ0v) is 24.1. The summed E-state index contributed by atoms with van der Waals surface area (Å²) >= 11 is 0. The molecule has 0 unspecified atom stereocenters. The number of nitrogens with zero attached hydrogens (tertiary/aromatic N) is 2. The minimum Gasteiger partial charge on any atom is -0.489 e. The normalized spacial score (nSPS) is 16.0. The van der Waals surface area contributed by atoms with E-state index in [9.17, 15) is 14.7 Å². The average molecular weight is 571 g/mol. The van der Waals surface area contributed by atoms with Crippen LogP contribution in [0.3, 0.4) is 0 Å². The Kier molecular flexibility index (Phi) is 8.63. The van der Waals surface area contributed by atoms with Crippen molar-refractivity contribution in [3.8, 4) is 5.75 Å². The number of amides is 2. The second-order valence-corrected chi connectivity index (χ2v) is 11.2. The van der Waals surface area contributed by atoms with Crippen molar-refractivity contribution in [2.45, 2.75) is 45.1 Å². The van der Waals surface area contributed by atoms with Crippen LogP contribution in [0.5, 0.6) is 5.75 Å². The number of rotatable bonds is 11. The number of benzene rings is 3. The quantitative estimate of drug-likeness (QED) is 0.250. The van der Waals surface area contributed by atoms with Crippen molar-refractivity contribution in [3.63, 3.8) is 0 Å². The largest absolute Gasteiger partial charge is 0.489 e. The summed E-state index contributed by atoms with van der Waals surface area (Å²) in [6.07, 6.45) is -0.206. The lowest BCUT2D eigenvalue weighted by Crippen LogP contribution is -2.63. The highest BCUT2D eigenvalue weighted by molar-refractivity contribution is 5.95. The Labute approximate surface area is 245 Å². The van der Waals surface area contributed by atoms with E-state index in [1.54, 1.807) is 23.1 Å². The van der Waals surface area contributed by atoms with Crippen LogP contribution in [0.25, 0.3) is 11.0 Å². The highest BCUT2D eigenvalue weighted by Crippen LogP contribution is 2.33. The van der Waals surface area contributed by atoms with Crippen LogP contribution < -0.4 is 16.2 Å². The Bertz CT molecular complexity index is 1560. The summed E-state index contributed by atoms with van der Waals surface area (Å²) in [5.74, 6) is -0.0807. The maximum absolute atomic E-state index is 12.7. The third kappa shape index (κ3) is 6.18. The summed E-state index contributed by atoms with van der Waals surface area (Å²) in [4.78, 5) is 29.0. The first-order valence-corrected chi connectivity index (χ1v) is 14.2. The van der Waals surface area contributed by atoms with E-state index in [2.05, 4.69) is 30.9 Å².